The average Bonchev–Trinajstić information content (AvgIpc) is 1.81. The summed E-state index contributed by atoms with van der Waals surface area (Å²) in [5.74, 6) is -0.273. The maximum atomic E-state index is 10.5. The number of aromatic hydroxyl groups is 1. The van der Waals surface area contributed by atoms with Crippen molar-refractivity contribution in [3.8, 4) is 11.8 Å². The minimum Gasteiger partial charge on any atom is -0.493 e. The largest absolute Gasteiger partial charge is 0.493 e. The number of esters is 1. The summed E-state index contributed by atoms with van der Waals surface area (Å²) in [5.41, 5.74) is 0. The van der Waals surface area contributed by atoms with Crippen molar-refractivity contribution in [2.75, 3.05) is 0 Å². The summed E-state index contributed by atoms with van der Waals surface area (Å²) in [6.45, 7) is 2.85. The van der Waals surface area contributed by atoms with Crippen molar-refractivity contribution < 1.29 is 14.6 Å². The van der Waals surface area contributed by atoms with Gasteiger partial charge in [-0.15, -0.1) is 0 Å². The normalized spacial score (nSPS) is 9.50. The molecular formula is C7H8N2O3. The Labute approximate surface area is 69.0 Å². The Kier molecular flexibility index (Phi) is 2.23. The third-order valence-corrected chi connectivity index (χ3v) is 1.05. The van der Waals surface area contributed by atoms with E-state index in [0.717, 1.165) is 0 Å². The quantitative estimate of drug-likeness (QED) is 0.615. The van der Waals surface area contributed by atoms with Gasteiger partial charge >= 0.3 is 5.97 Å². The Morgan fingerprint density at radius 2 is 2.25 bits per heavy atom. The van der Waals surface area contributed by atoms with Crippen LogP contribution in [0.5, 0.6) is 11.8 Å². The lowest BCUT2D eigenvalue weighted by Gasteiger charge is -2.00. The van der Waals surface area contributed by atoms with Crippen LogP contribution in [0.1, 0.15) is 12.7 Å². The zero-order valence-electron chi connectivity index (χ0n) is 6.74. The number of aromatic nitrogens is 2. The van der Waals surface area contributed by atoms with Gasteiger partial charge in [0.25, 0.3) is 0 Å². The highest BCUT2D eigenvalue weighted by Gasteiger charge is 2.02. The van der Waals surface area contributed by atoms with Gasteiger partial charge in [-0.3, -0.25) is 4.79 Å². The molecule has 0 radical (unpaired) electrons. The molecule has 0 aliphatic rings. The molecule has 0 aliphatic carbocycles. The molecule has 0 fully saturated rings. The third-order valence-electron chi connectivity index (χ3n) is 1.05. The van der Waals surface area contributed by atoms with E-state index in [1.54, 1.807) is 6.92 Å². The second-order valence-corrected chi connectivity index (χ2v) is 2.21. The van der Waals surface area contributed by atoms with E-state index in [1.807, 2.05) is 0 Å². The van der Waals surface area contributed by atoms with Crippen molar-refractivity contribution in [1.82, 2.24) is 9.97 Å². The highest BCUT2D eigenvalue weighted by Crippen LogP contribution is 2.13. The van der Waals surface area contributed by atoms with Gasteiger partial charge in [0.15, 0.2) is 0 Å². The molecule has 0 saturated carbocycles. The SMILES string of the molecule is CC(=O)Oc1cc(O)nc(C)n1. The lowest BCUT2D eigenvalue weighted by molar-refractivity contribution is -0.132. The molecule has 1 aromatic heterocycles. The van der Waals surface area contributed by atoms with Crippen LogP contribution in [0.15, 0.2) is 6.07 Å². The number of nitrogens with zero attached hydrogens (tertiary/aromatic N) is 2. The summed E-state index contributed by atoms with van der Waals surface area (Å²) in [6.07, 6.45) is 0. The zero-order chi connectivity index (χ0) is 9.14. The van der Waals surface area contributed by atoms with Crippen LogP contribution in [0.2, 0.25) is 0 Å². The molecule has 1 heterocycles. The number of hydrogen-bond donors (Lipinski definition) is 1. The predicted molar refractivity (Wildman–Crippen MR) is 39.7 cm³/mol. The first-order valence-corrected chi connectivity index (χ1v) is 3.31. The number of ether oxygens (including phenoxy) is 1. The highest BCUT2D eigenvalue weighted by molar-refractivity contribution is 5.68. The van der Waals surface area contributed by atoms with Crippen LogP contribution < -0.4 is 4.74 Å². The van der Waals surface area contributed by atoms with Crippen molar-refractivity contribution in [3.05, 3.63) is 11.9 Å². The fourth-order valence-electron chi connectivity index (χ4n) is 0.725. The molecule has 0 spiro atoms. The Morgan fingerprint density at radius 1 is 1.58 bits per heavy atom. The molecule has 0 unspecified atom stereocenters. The fraction of sp³-hybridized carbons (Fsp3) is 0.286. The van der Waals surface area contributed by atoms with E-state index in [2.05, 4.69) is 14.7 Å². The molecule has 1 N–H and O–H groups in total. The van der Waals surface area contributed by atoms with E-state index in [1.165, 1.54) is 13.0 Å². The van der Waals surface area contributed by atoms with Gasteiger partial charge in [-0.25, -0.2) is 0 Å². The summed E-state index contributed by atoms with van der Waals surface area (Å²) < 4.78 is 4.63. The fourth-order valence-corrected chi connectivity index (χ4v) is 0.725. The van der Waals surface area contributed by atoms with Crippen molar-refractivity contribution >= 4 is 5.97 Å². The molecule has 0 atom stereocenters. The van der Waals surface area contributed by atoms with Crippen molar-refractivity contribution in [2.24, 2.45) is 0 Å². The Hall–Kier alpha value is -1.65. The smallest absolute Gasteiger partial charge is 0.309 e. The molecule has 0 bridgehead atoms. The van der Waals surface area contributed by atoms with Crippen LogP contribution in [0.25, 0.3) is 0 Å². The first kappa shape index (κ1) is 8.45. The number of hydrogen-bond acceptors (Lipinski definition) is 5. The van der Waals surface area contributed by atoms with E-state index in [4.69, 9.17) is 5.11 Å². The summed E-state index contributed by atoms with van der Waals surface area (Å²) >= 11 is 0. The standard InChI is InChI=1S/C7H8N2O3/c1-4-8-6(11)3-7(9-4)12-5(2)10/h3H,1-2H3,(H,8,9,11). The van der Waals surface area contributed by atoms with Crippen LogP contribution in [0.4, 0.5) is 0 Å². The Morgan fingerprint density at radius 3 is 2.75 bits per heavy atom. The highest BCUT2D eigenvalue weighted by atomic mass is 16.5. The van der Waals surface area contributed by atoms with Crippen LogP contribution in [0, 0.1) is 6.92 Å². The van der Waals surface area contributed by atoms with E-state index < -0.39 is 5.97 Å². The number of aryl methyl sites for hydroxylation is 1. The summed E-state index contributed by atoms with van der Waals surface area (Å²) in [7, 11) is 0. The van der Waals surface area contributed by atoms with Crippen LogP contribution in [0.3, 0.4) is 0 Å². The van der Waals surface area contributed by atoms with Gasteiger partial charge in [-0.2, -0.15) is 9.97 Å². The molecule has 5 heteroatoms. The predicted octanol–water partition coefficient (Wildman–Crippen LogP) is 0.416. The van der Waals surface area contributed by atoms with Crippen LogP contribution in [-0.2, 0) is 4.79 Å². The third kappa shape index (κ3) is 2.19. The molecule has 0 aliphatic heterocycles. The van der Waals surface area contributed by atoms with Gasteiger partial charge in [0, 0.05) is 6.92 Å². The Bertz CT molecular complexity index is 291. The van der Waals surface area contributed by atoms with Crippen LogP contribution >= 0.6 is 0 Å². The molecule has 0 saturated heterocycles. The summed E-state index contributed by atoms with van der Waals surface area (Å²) in [4.78, 5) is 17.8. The first-order chi connectivity index (χ1) is 5.58. The second kappa shape index (κ2) is 3.17. The minimum atomic E-state index is -0.479. The van der Waals surface area contributed by atoms with Gasteiger partial charge in [0.2, 0.25) is 11.8 Å². The number of rotatable bonds is 1. The van der Waals surface area contributed by atoms with Gasteiger partial charge in [-0.1, -0.05) is 0 Å². The maximum absolute atomic E-state index is 10.5. The topological polar surface area (TPSA) is 72.3 Å². The Balaban J connectivity index is 2.93. The van der Waals surface area contributed by atoms with Gasteiger partial charge < -0.3 is 9.84 Å². The molecule has 0 aromatic carbocycles. The van der Waals surface area contributed by atoms with E-state index in [-0.39, 0.29) is 11.8 Å². The lowest BCUT2D eigenvalue weighted by atomic mass is 10.5. The molecule has 12 heavy (non-hydrogen) atoms. The maximum Gasteiger partial charge on any atom is 0.309 e. The summed E-state index contributed by atoms with van der Waals surface area (Å²) in [6, 6.07) is 1.18. The van der Waals surface area contributed by atoms with Crippen molar-refractivity contribution in [1.29, 1.82) is 0 Å². The van der Waals surface area contributed by atoms with Gasteiger partial charge in [-0.05, 0) is 6.92 Å². The average molecular weight is 168 g/mol. The van der Waals surface area contributed by atoms with E-state index in [0.29, 0.717) is 5.82 Å². The number of carbonyl (C=O) groups excluding carboxylic acids is 1. The monoisotopic (exact) mass is 168 g/mol. The molecular weight excluding hydrogens is 160 g/mol. The molecule has 1 aromatic rings. The molecule has 1 rings (SSSR count). The first-order valence-electron chi connectivity index (χ1n) is 3.31. The molecule has 64 valence electrons. The van der Waals surface area contributed by atoms with E-state index in [9.17, 15) is 4.79 Å². The van der Waals surface area contributed by atoms with Crippen molar-refractivity contribution in [3.63, 3.8) is 0 Å². The van der Waals surface area contributed by atoms with Gasteiger partial charge in [0.1, 0.15) is 5.82 Å². The summed E-state index contributed by atoms with van der Waals surface area (Å²) in [5, 5.41) is 8.96. The van der Waals surface area contributed by atoms with E-state index >= 15 is 0 Å². The second-order valence-electron chi connectivity index (χ2n) is 2.21. The van der Waals surface area contributed by atoms with Crippen LogP contribution in [-0.4, -0.2) is 21.0 Å². The molecule has 5 nitrogen and oxygen atoms in total. The molecule has 0 amide bonds. The number of carbonyl (C=O) groups is 1. The van der Waals surface area contributed by atoms with Crippen molar-refractivity contribution in [2.45, 2.75) is 13.8 Å². The minimum absolute atomic E-state index is 0.0625. The lowest BCUT2D eigenvalue weighted by Crippen LogP contribution is -2.04. The zero-order valence-corrected chi connectivity index (χ0v) is 6.74. The van der Waals surface area contributed by atoms with Gasteiger partial charge in [0.05, 0.1) is 6.07 Å².